The molecule has 3 aromatic heterocycles. The van der Waals surface area contributed by atoms with Crippen molar-refractivity contribution in [2.75, 3.05) is 12.0 Å². The largest absolute Gasteiger partial charge is 0.344 e. The first kappa shape index (κ1) is 22.5. The number of rotatable bonds is 8. The lowest BCUT2D eigenvalue weighted by molar-refractivity contribution is 0.0907. The molecule has 1 aromatic carbocycles. The molecule has 1 fully saturated rings. The number of nitrogens with one attached hydrogen (secondary N) is 2. The summed E-state index contributed by atoms with van der Waals surface area (Å²) in [5.41, 5.74) is 0.330. The first-order valence-corrected chi connectivity index (χ1v) is 10.8. The Bertz CT molecular complexity index is 1400. The number of alkyl halides is 1. The summed E-state index contributed by atoms with van der Waals surface area (Å²) in [4.78, 5) is 28.8. The Labute approximate surface area is 198 Å². The van der Waals surface area contributed by atoms with Crippen molar-refractivity contribution in [1.82, 2.24) is 40.2 Å². The molecule has 5 rings (SSSR count). The Kier molecular flexibility index (Phi) is 5.67. The van der Waals surface area contributed by atoms with Gasteiger partial charge < -0.3 is 15.2 Å². The lowest BCUT2D eigenvalue weighted by Gasteiger charge is -2.11. The van der Waals surface area contributed by atoms with E-state index >= 15 is 4.39 Å². The smallest absolute Gasteiger partial charge is 0.315 e. The maximum atomic E-state index is 15.2. The normalized spacial score (nSPS) is 14.1. The van der Waals surface area contributed by atoms with Crippen molar-refractivity contribution in [1.29, 1.82) is 0 Å². The summed E-state index contributed by atoms with van der Waals surface area (Å²) in [6, 6.07) is 4.95. The van der Waals surface area contributed by atoms with Crippen LogP contribution in [0.15, 0.2) is 35.2 Å². The molecule has 1 amide bonds. The zero-order valence-electron chi connectivity index (χ0n) is 18.9. The van der Waals surface area contributed by atoms with Crippen molar-refractivity contribution in [3.63, 3.8) is 0 Å². The Morgan fingerprint density at radius 3 is 2.77 bits per heavy atom. The molecule has 1 aliphatic rings. The van der Waals surface area contributed by atoms with E-state index in [4.69, 9.17) is 4.52 Å². The number of nitrogens with zero attached hydrogens (tertiary/aromatic N) is 7. The molecule has 2 N–H and O–H groups in total. The number of benzene rings is 1. The zero-order valence-corrected chi connectivity index (χ0v) is 18.9. The van der Waals surface area contributed by atoms with Crippen molar-refractivity contribution >= 4 is 17.7 Å². The molecule has 0 spiro atoms. The summed E-state index contributed by atoms with van der Waals surface area (Å²) >= 11 is 0. The molecular formula is C22H21F2N9O2. The fraction of sp³-hybridized carbons (Fsp3) is 0.318. The molecule has 0 aliphatic heterocycles. The number of carbonyl (C=O) groups is 1. The van der Waals surface area contributed by atoms with Gasteiger partial charge >= 0.3 is 11.8 Å². The lowest BCUT2D eigenvalue weighted by atomic mass is 10.0. The van der Waals surface area contributed by atoms with Gasteiger partial charge in [-0.05, 0) is 37.0 Å². The summed E-state index contributed by atoms with van der Waals surface area (Å²) in [6.07, 6.45) is 4.29. The third kappa shape index (κ3) is 4.44. The maximum Gasteiger partial charge on any atom is 0.315 e. The van der Waals surface area contributed by atoms with Crippen LogP contribution in [0.3, 0.4) is 0 Å². The van der Waals surface area contributed by atoms with Crippen LogP contribution in [-0.2, 0) is 19.0 Å². The first-order chi connectivity index (χ1) is 16.9. The van der Waals surface area contributed by atoms with E-state index in [2.05, 4.69) is 40.8 Å². The third-order valence-electron chi connectivity index (χ3n) is 5.91. The Morgan fingerprint density at radius 1 is 1.23 bits per heavy atom. The molecule has 1 saturated carbocycles. The SMILES string of the molecule is Cc1c(CNC(=O)c2nc(C3(CF)CC3)no2)ccc(-c2ncnc(Nc3ccn(C)n3)n2)c1F. The standard InChI is InChI=1S/C22H21F2N9O2/c1-12-13(9-25-18(34)19-30-20(32-35-19)22(10-23)6-7-22)3-4-14(16(12)24)17-26-11-27-21(29-17)28-15-5-8-33(2)31-15/h3-5,8,11H,6-7,9-10H2,1-2H3,(H,25,34)(H,26,27,28,29,31). The molecule has 35 heavy (non-hydrogen) atoms. The van der Waals surface area contributed by atoms with Gasteiger partial charge in [0.05, 0.1) is 11.0 Å². The zero-order chi connectivity index (χ0) is 24.6. The molecule has 1 aliphatic carbocycles. The van der Waals surface area contributed by atoms with Gasteiger partial charge in [-0.3, -0.25) is 9.48 Å². The van der Waals surface area contributed by atoms with Crippen LogP contribution in [0.5, 0.6) is 0 Å². The predicted octanol–water partition coefficient (Wildman–Crippen LogP) is 2.78. The van der Waals surface area contributed by atoms with E-state index in [1.54, 1.807) is 37.0 Å². The second-order valence-corrected chi connectivity index (χ2v) is 8.36. The van der Waals surface area contributed by atoms with E-state index in [1.165, 1.54) is 12.4 Å². The molecule has 4 aromatic rings. The van der Waals surface area contributed by atoms with Crippen molar-refractivity contribution < 1.29 is 18.1 Å². The molecule has 180 valence electrons. The number of carbonyl (C=O) groups excluding carboxylic acids is 1. The number of hydrogen-bond acceptors (Lipinski definition) is 9. The van der Waals surface area contributed by atoms with Crippen LogP contribution in [0.1, 0.15) is 40.5 Å². The third-order valence-corrected chi connectivity index (χ3v) is 5.91. The molecule has 0 unspecified atom stereocenters. The van der Waals surface area contributed by atoms with Crippen molar-refractivity contribution in [2.45, 2.75) is 31.7 Å². The summed E-state index contributed by atoms with van der Waals surface area (Å²) in [7, 11) is 1.78. The molecule has 0 bridgehead atoms. The number of amides is 1. The first-order valence-electron chi connectivity index (χ1n) is 10.8. The number of hydrogen-bond donors (Lipinski definition) is 2. The van der Waals surface area contributed by atoms with Gasteiger partial charge in [-0.25, -0.2) is 18.7 Å². The van der Waals surface area contributed by atoms with E-state index in [0.29, 0.717) is 29.8 Å². The Hall–Kier alpha value is -4.29. The topological polar surface area (TPSA) is 137 Å². The van der Waals surface area contributed by atoms with E-state index in [1.807, 2.05) is 0 Å². The van der Waals surface area contributed by atoms with Gasteiger partial charge in [0, 0.05) is 25.9 Å². The summed E-state index contributed by atoms with van der Waals surface area (Å²) in [5, 5.41) is 13.5. The van der Waals surface area contributed by atoms with Gasteiger partial charge in [0.2, 0.25) is 5.95 Å². The van der Waals surface area contributed by atoms with Crippen LogP contribution in [0.2, 0.25) is 0 Å². The molecular weight excluding hydrogens is 460 g/mol. The van der Waals surface area contributed by atoms with E-state index in [9.17, 15) is 9.18 Å². The second-order valence-electron chi connectivity index (χ2n) is 8.36. The fourth-order valence-electron chi connectivity index (χ4n) is 3.52. The van der Waals surface area contributed by atoms with Crippen LogP contribution in [0, 0.1) is 12.7 Å². The average Bonchev–Trinajstić information content (AvgIpc) is 3.29. The van der Waals surface area contributed by atoms with Gasteiger partial charge in [-0.2, -0.15) is 15.1 Å². The summed E-state index contributed by atoms with van der Waals surface area (Å²) in [6.45, 7) is 1.02. The van der Waals surface area contributed by atoms with Gasteiger partial charge in [0.1, 0.15) is 18.8 Å². The van der Waals surface area contributed by atoms with Crippen LogP contribution >= 0.6 is 0 Å². The second kappa shape index (κ2) is 8.81. The highest BCUT2D eigenvalue weighted by molar-refractivity contribution is 5.89. The van der Waals surface area contributed by atoms with Crippen LogP contribution in [-0.4, -0.2) is 47.5 Å². The van der Waals surface area contributed by atoms with Crippen molar-refractivity contribution in [3.05, 3.63) is 59.4 Å². The molecule has 0 radical (unpaired) electrons. The lowest BCUT2D eigenvalue weighted by Crippen LogP contribution is -2.24. The van der Waals surface area contributed by atoms with Gasteiger partial charge in [0.25, 0.3) is 0 Å². The van der Waals surface area contributed by atoms with Gasteiger partial charge in [0.15, 0.2) is 17.5 Å². The predicted molar refractivity (Wildman–Crippen MR) is 119 cm³/mol. The molecule has 0 atom stereocenters. The molecule has 3 heterocycles. The highest BCUT2D eigenvalue weighted by Crippen LogP contribution is 2.47. The minimum atomic E-state index is -0.723. The minimum Gasteiger partial charge on any atom is -0.344 e. The van der Waals surface area contributed by atoms with Gasteiger partial charge in [-0.15, -0.1) is 0 Å². The average molecular weight is 481 g/mol. The highest BCUT2D eigenvalue weighted by atomic mass is 19.1. The van der Waals surface area contributed by atoms with Crippen LogP contribution in [0.25, 0.3) is 11.4 Å². The minimum absolute atomic E-state index is 0.0253. The van der Waals surface area contributed by atoms with Crippen molar-refractivity contribution in [2.24, 2.45) is 7.05 Å². The molecule has 11 nitrogen and oxygen atoms in total. The Morgan fingerprint density at radius 2 is 2.06 bits per heavy atom. The quantitative estimate of drug-likeness (QED) is 0.389. The molecule has 13 heteroatoms. The summed E-state index contributed by atoms with van der Waals surface area (Å²) < 4.78 is 35.0. The van der Waals surface area contributed by atoms with E-state index in [-0.39, 0.29) is 35.6 Å². The molecule has 0 saturated heterocycles. The number of anilines is 2. The van der Waals surface area contributed by atoms with Crippen LogP contribution < -0.4 is 10.6 Å². The number of halogens is 2. The van der Waals surface area contributed by atoms with Gasteiger partial charge in [-0.1, -0.05) is 11.2 Å². The summed E-state index contributed by atoms with van der Waals surface area (Å²) in [5.74, 6) is -0.289. The Balaban J connectivity index is 1.28. The maximum absolute atomic E-state index is 15.2. The number of aryl methyl sites for hydroxylation is 1. The van der Waals surface area contributed by atoms with E-state index < -0.39 is 23.8 Å². The fourth-order valence-corrected chi connectivity index (χ4v) is 3.52. The number of aromatic nitrogens is 7. The highest BCUT2D eigenvalue weighted by Gasteiger charge is 2.49. The monoisotopic (exact) mass is 481 g/mol. The van der Waals surface area contributed by atoms with E-state index in [0.717, 1.165) is 0 Å². The van der Waals surface area contributed by atoms with Crippen LogP contribution in [0.4, 0.5) is 20.5 Å². The van der Waals surface area contributed by atoms with Crippen molar-refractivity contribution in [3.8, 4) is 11.4 Å².